The molecule has 1 saturated carbocycles. The van der Waals surface area contributed by atoms with Crippen molar-refractivity contribution in [1.82, 2.24) is 0 Å². The van der Waals surface area contributed by atoms with Gasteiger partial charge in [-0.1, -0.05) is 24.3 Å². The number of alkyl halides is 2. The number of aliphatic carboxylic acids is 1. The monoisotopic (exact) mass is 210 g/mol. The van der Waals surface area contributed by atoms with Gasteiger partial charge in [0, 0.05) is 5.92 Å². The highest BCUT2D eigenvalue weighted by Crippen LogP contribution is 2.71. The van der Waals surface area contributed by atoms with E-state index in [-0.39, 0.29) is 0 Å². The van der Waals surface area contributed by atoms with Crippen LogP contribution in [0.2, 0.25) is 0 Å². The summed E-state index contributed by atoms with van der Waals surface area (Å²) in [6.45, 7) is 0. The first kappa shape index (κ1) is 8.83. The summed E-state index contributed by atoms with van der Waals surface area (Å²) in [4.78, 5) is 10.7. The second-order valence-corrected chi connectivity index (χ2v) is 4.11. The Morgan fingerprint density at radius 2 is 1.93 bits per heavy atom. The number of fused-ring (bicyclic) bond motifs is 3. The average Bonchev–Trinajstić information content (AvgIpc) is 2.73. The lowest BCUT2D eigenvalue weighted by Crippen LogP contribution is -2.23. The molecule has 15 heavy (non-hydrogen) atoms. The highest BCUT2D eigenvalue weighted by Gasteiger charge is 2.78. The van der Waals surface area contributed by atoms with E-state index in [0.29, 0.717) is 11.1 Å². The van der Waals surface area contributed by atoms with Gasteiger partial charge in [-0.05, 0) is 11.1 Å². The van der Waals surface area contributed by atoms with Gasteiger partial charge < -0.3 is 5.11 Å². The maximum absolute atomic E-state index is 13.8. The molecule has 0 aromatic heterocycles. The van der Waals surface area contributed by atoms with E-state index >= 15 is 0 Å². The van der Waals surface area contributed by atoms with E-state index < -0.39 is 29.6 Å². The number of hydrogen-bond acceptors (Lipinski definition) is 1. The van der Waals surface area contributed by atoms with Crippen LogP contribution in [0.4, 0.5) is 8.78 Å². The summed E-state index contributed by atoms with van der Waals surface area (Å²) in [5.74, 6) is -3.36. The van der Waals surface area contributed by atoms with Crippen LogP contribution in [0, 0.1) is 5.92 Å². The SMILES string of the molecule is O=C(O)C1(F)C2c3ccccc3C(F)C21. The molecule has 2 aliphatic rings. The Labute approximate surface area is 84.5 Å². The third kappa shape index (κ3) is 0.809. The number of carboxylic acids is 1. The molecule has 3 rings (SSSR count). The maximum atomic E-state index is 13.8. The molecule has 0 radical (unpaired) electrons. The lowest BCUT2D eigenvalue weighted by molar-refractivity contribution is -0.146. The third-order valence-corrected chi connectivity index (χ3v) is 3.46. The predicted octanol–water partition coefficient (Wildman–Crippen LogP) is 2.22. The molecule has 4 atom stereocenters. The lowest BCUT2D eigenvalue weighted by atomic mass is 10.00. The summed E-state index contributed by atoms with van der Waals surface area (Å²) < 4.78 is 27.5. The molecule has 0 spiro atoms. The minimum atomic E-state index is -2.38. The minimum Gasteiger partial charge on any atom is -0.479 e. The first-order valence-electron chi connectivity index (χ1n) is 4.73. The van der Waals surface area contributed by atoms with E-state index in [9.17, 15) is 13.6 Å². The fourth-order valence-corrected chi connectivity index (χ4v) is 2.70. The summed E-state index contributed by atoms with van der Waals surface area (Å²) in [5, 5.41) is 8.72. The molecule has 1 fully saturated rings. The van der Waals surface area contributed by atoms with Crippen LogP contribution in [0.15, 0.2) is 24.3 Å². The second kappa shape index (κ2) is 2.38. The average molecular weight is 210 g/mol. The zero-order valence-electron chi connectivity index (χ0n) is 7.65. The first-order chi connectivity index (χ1) is 7.08. The van der Waals surface area contributed by atoms with Gasteiger partial charge in [0.15, 0.2) is 0 Å². The fraction of sp³-hybridized carbons (Fsp3) is 0.364. The molecule has 0 amide bonds. The molecule has 0 aliphatic heterocycles. The Morgan fingerprint density at radius 3 is 2.53 bits per heavy atom. The second-order valence-electron chi connectivity index (χ2n) is 4.11. The van der Waals surface area contributed by atoms with Crippen LogP contribution in [-0.4, -0.2) is 16.7 Å². The Morgan fingerprint density at radius 1 is 1.33 bits per heavy atom. The number of hydrogen-bond donors (Lipinski definition) is 1. The van der Waals surface area contributed by atoms with E-state index in [1.165, 1.54) is 0 Å². The summed E-state index contributed by atoms with van der Waals surface area (Å²) in [5.41, 5.74) is -1.42. The van der Waals surface area contributed by atoms with Crippen LogP contribution in [0.1, 0.15) is 23.2 Å². The van der Waals surface area contributed by atoms with Gasteiger partial charge in [0.05, 0.1) is 5.92 Å². The summed E-state index contributed by atoms with van der Waals surface area (Å²) in [7, 11) is 0. The molecule has 0 bridgehead atoms. The molecule has 1 aromatic carbocycles. The van der Waals surface area contributed by atoms with Gasteiger partial charge in [0.1, 0.15) is 6.17 Å². The quantitative estimate of drug-likeness (QED) is 0.771. The van der Waals surface area contributed by atoms with Crippen LogP contribution in [0.25, 0.3) is 0 Å². The summed E-state index contributed by atoms with van der Waals surface area (Å²) in [6.07, 6.45) is -1.48. The van der Waals surface area contributed by atoms with Crippen LogP contribution in [0.3, 0.4) is 0 Å². The third-order valence-electron chi connectivity index (χ3n) is 3.46. The molecule has 1 aromatic rings. The molecular formula is C11H8F2O2. The Bertz CT molecular complexity index is 460. The van der Waals surface area contributed by atoms with E-state index in [2.05, 4.69) is 0 Å². The molecule has 0 saturated heterocycles. The van der Waals surface area contributed by atoms with Crippen molar-refractivity contribution in [2.45, 2.75) is 17.8 Å². The van der Waals surface area contributed by atoms with Crippen LogP contribution in [0.5, 0.6) is 0 Å². The van der Waals surface area contributed by atoms with Crippen LogP contribution in [-0.2, 0) is 4.79 Å². The van der Waals surface area contributed by atoms with Crippen molar-refractivity contribution >= 4 is 5.97 Å². The molecule has 2 aliphatic carbocycles. The molecule has 2 nitrogen and oxygen atoms in total. The van der Waals surface area contributed by atoms with E-state index in [0.717, 1.165) is 0 Å². The van der Waals surface area contributed by atoms with Crippen LogP contribution >= 0.6 is 0 Å². The van der Waals surface area contributed by atoms with Crippen molar-refractivity contribution in [3.8, 4) is 0 Å². The normalized spacial score (nSPS) is 40.8. The standard InChI is InChI=1S/C11H8F2O2/c12-9-6-4-2-1-3-5(6)7-8(9)11(7,13)10(14)15/h1-4,7-9H,(H,14,15). The molecule has 1 N–H and O–H groups in total. The molecule has 78 valence electrons. The van der Waals surface area contributed by atoms with E-state index in [1.807, 2.05) is 0 Å². The maximum Gasteiger partial charge on any atom is 0.342 e. The van der Waals surface area contributed by atoms with Crippen molar-refractivity contribution in [1.29, 1.82) is 0 Å². The van der Waals surface area contributed by atoms with Gasteiger partial charge in [-0.3, -0.25) is 0 Å². The van der Waals surface area contributed by atoms with Gasteiger partial charge in [-0.25, -0.2) is 13.6 Å². The van der Waals surface area contributed by atoms with Gasteiger partial charge in [-0.2, -0.15) is 0 Å². The summed E-state index contributed by atoms with van der Waals surface area (Å²) >= 11 is 0. The number of halogens is 2. The van der Waals surface area contributed by atoms with Crippen molar-refractivity contribution in [3.63, 3.8) is 0 Å². The predicted molar refractivity (Wildman–Crippen MR) is 48.0 cm³/mol. The van der Waals surface area contributed by atoms with Crippen molar-refractivity contribution in [2.24, 2.45) is 5.92 Å². The first-order valence-corrected chi connectivity index (χ1v) is 4.73. The fourth-order valence-electron chi connectivity index (χ4n) is 2.70. The molecule has 4 unspecified atom stereocenters. The van der Waals surface area contributed by atoms with Crippen LogP contribution < -0.4 is 0 Å². The molecular weight excluding hydrogens is 202 g/mol. The smallest absolute Gasteiger partial charge is 0.342 e. The summed E-state index contributed by atoms with van der Waals surface area (Å²) in [6, 6.07) is 6.55. The number of carboxylic acid groups (broad SMARTS) is 1. The number of benzene rings is 1. The lowest BCUT2D eigenvalue weighted by Gasteiger charge is -2.11. The van der Waals surface area contributed by atoms with Crippen molar-refractivity contribution in [2.75, 3.05) is 0 Å². The number of carbonyl (C=O) groups is 1. The van der Waals surface area contributed by atoms with E-state index in [1.54, 1.807) is 24.3 Å². The van der Waals surface area contributed by atoms with E-state index in [4.69, 9.17) is 5.11 Å². The number of rotatable bonds is 1. The topological polar surface area (TPSA) is 37.3 Å². The molecule has 4 heteroatoms. The van der Waals surface area contributed by atoms with Crippen molar-refractivity contribution in [3.05, 3.63) is 35.4 Å². The minimum absolute atomic E-state index is 0.446. The van der Waals surface area contributed by atoms with Gasteiger partial charge in [0.25, 0.3) is 0 Å². The Hall–Kier alpha value is -1.45. The molecule has 0 heterocycles. The Balaban J connectivity index is 2.11. The van der Waals surface area contributed by atoms with Gasteiger partial charge in [-0.15, -0.1) is 0 Å². The highest BCUT2D eigenvalue weighted by atomic mass is 19.2. The van der Waals surface area contributed by atoms with Gasteiger partial charge >= 0.3 is 5.97 Å². The highest BCUT2D eigenvalue weighted by molar-refractivity contribution is 5.86. The zero-order chi connectivity index (χ0) is 10.8. The van der Waals surface area contributed by atoms with Crippen molar-refractivity contribution < 1.29 is 18.7 Å². The zero-order valence-corrected chi connectivity index (χ0v) is 7.65. The van der Waals surface area contributed by atoms with Gasteiger partial charge in [0.2, 0.25) is 5.67 Å². The Kier molecular flexibility index (Phi) is 1.40. The largest absolute Gasteiger partial charge is 0.479 e.